The number of nitrogens with zero attached hydrogens (tertiary/aromatic N) is 1. The molecule has 2 atom stereocenters. The molecule has 0 amide bonds. The van der Waals surface area contributed by atoms with E-state index in [4.69, 9.17) is 0 Å². The summed E-state index contributed by atoms with van der Waals surface area (Å²) in [6, 6.07) is 1.56. The second-order valence-corrected chi connectivity index (χ2v) is 4.52. The first kappa shape index (κ1) is 12.0. The fourth-order valence-corrected chi connectivity index (χ4v) is 2.54. The van der Waals surface area contributed by atoms with E-state index < -0.39 is 0 Å². The van der Waals surface area contributed by atoms with Crippen LogP contribution in [0.2, 0.25) is 0 Å². The van der Waals surface area contributed by atoms with E-state index in [-0.39, 0.29) is 0 Å². The first-order valence-electron chi connectivity index (χ1n) is 6.26. The van der Waals surface area contributed by atoms with E-state index in [1.807, 2.05) is 0 Å². The minimum atomic E-state index is 0.777. The largest absolute Gasteiger partial charge is 0.314 e. The SMILES string of the molecule is CCCC(C)N1CCNCC1CCC. The Labute approximate surface area is 89.1 Å². The van der Waals surface area contributed by atoms with Crippen molar-refractivity contribution >= 4 is 0 Å². The van der Waals surface area contributed by atoms with Gasteiger partial charge in [0.1, 0.15) is 0 Å². The van der Waals surface area contributed by atoms with Gasteiger partial charge in [-0.25, -0.2) is 0 Å². The minimum absolute atomic E-state index is 0.777. The van der Waals surface area contributed by atoms with E-state index in [1.54, 1.807) is 0 Å². The molecule has 0 aromatic rings. The van der Waals surface area contributed by atoms with Gasteiger partial charge in [0.2, 0.25) is 0 Å². The summed E-state index contributed by atoms with van der Waals surface area (Å²) in [5.74, 6) is 0. The second kappa shape index (κ2) is 6.41. The minimum Gasteiger partial charge on any atom is -0.314 e. The van der Waals surface area contributed by atoms with Crippen molar-refractivity contribution < 1.29 is 0 Å². The summed E-state index contributed by atoms with van der Waals surface area (Å²) in [6.45, 7) is 10.6. The van der Waals surface area contributed by atoms with Crippen LogP contribution >= 0.6 is 0 Å². The number of piperazine rings is 1. The molecule has 1 rings (SSSR count). The molecule has 0 bridgehead atoms. The highest BCUT2D eigenvalue weighted by molar-refractivity contribution is 4.82. The lowest BCUT2D eigenvalue weighted by Crippen LogP contribution is -2.54. The van der Waals surface area contributed by atoms with Crippen molar-refractivity contribution in [3.63, 3.8) is 0 Å². The molecule has 0 saturated carbocycles. The smallest absolute Gasteiger partial charge is 0.0223 e. The third kappa shape index (κ3) is 3.25. The van der Waals surface area contributed by atoms with Crippen LogP contribution in [0.15, 0.2) is 0 Å². The lowest BCUT2D eigenvalue weighted by atomic mass is 10.0. The average molecular weight is 198 g/mol. The zero-order valence-corrected chi connectivity index (χ0v) is 10.1. The van der Waals surface area contributed by atoms with Crippen molar-refractivity contribution in [1.82, 2.24) is 10.2 Å². The number of hydrogen-bond acceptors (Lipinski definition) is 2. The van der Waals surface area contributed by atoms with E-state index in [9.17, 15) is 0 Å². The summed E-state index contributed by atoms with van der Waals surface area (Å²) in [5.41, 5.74) is 0. The van der Waals surface area contributed by atoms with Crippen molar-refractivity contribution in [1.29, 1.82) is 0 Å². The van der Waals surface area contributed by atoms with Crippen LogP contribution < -0.4 is 5.32 Å². The maximum atomic E-state index is 3.50. The fraction of sp³-hybridized carbons (Fsp3) is 1.00. The van der Waals surface area contributed by atoms with Crippen molar-refractivity contribution in [3.05, 3.63) is 0 Å². The molecule has 0 aromatic heterocycles. The lowest BCUT2D eigenvalue weighted by Gasteiger charge is -2.40. The van der Waals surface area contributed by atoms with E-state index in [0.29, 0.717) is 0 Å². The van der Waals surface area contributed by atoms with Gasteiger partial charge in [-0.15, -0.1) is 0 Å². The highest BCUT2D eigenvalue weighted by atomic mass is 15.2. The second-order valence-electron chi connectivity index (χ2n) is 4.52. The molecule has 0 aliphatic carbocycles. The molecule has 1 N–H and O–H groups in total. The molecule has 14 heavy (non-hydrogen) atoms. The Morgan fingerprint density at radius 2 is 2.14 bits per heavy atom. The van der Waals surface area contributed by atoms with Crippen LogP contribution in [0.1, 0.15) is 46.5 Å². The van der Waals surface area contributed by atoms with Crippen LogP contribution in [0.3, 0.4) is 0 Å². The van der Waals surface area contributed by atoms with Gasteiger partial charge in [0, 0.05) is 31.7 Å². The van der Waals surface area contributed by atoms with Gasteiger partial charge in [-0.2, -0.15) is 0 Å². The molecule has 1 fully saturated rings. The molecule has 2 heteroatoms. The van der Waals surface area contributed by atoms with Crippen LogP contribution in [0.25, 0.3) is 0 Å². The Morgan fingerprint density at radius 3 is 2.79 bits per heavy atom. The molecule has 1 saturated heterocycles. The predicted octanol–water partition coefficient (Wildman–Crippen LogP) is 2.25. The molecule has 0 aromatic carbocycles. The Hall–Kier alpha value is -0.0800. The fourth-order valence-electron chi connectivity index (χ4n) is 2.54. The number of hydrogen-bond donors (Lipinski definition) is 1. The topological polar surface area (TPSA) is 15.3 Å². The molecular formula is C12H26N2. The maximum Gasteiger partial charge on any atom is 0.0223 e. The van der Waals surface area contributed by atoms with Crippen molar-refractivity contribution in [2.75, 3.05) is 19.6 Å². The van der Waals surface area contributed by atoms with Crippen LogP contribution in [0.5, 0.6) is 0 Å². The summed E-state index contributed by atoms with van der Waals surface area (Å²) in [7, 11) is 0. The molecule has 1 heterocycles. The Morgan fingerprint density at radius 1 is 1.36 bits per heavy atom. The lowest BCUT2D eigenvalue weighted by molar-refractivity contribution is 0.102. The van der Waals surface area contributed by atoms with Crippen LogP contribution in [0, 0.1) is 0 Å². The summed E-state index contributed by atoms with van der Waals surface area (Å²) in [6.07, 6.45) is 5.31. The predicted molar refractivity (Wildman–Crippen MR) is 62.6 cm³/mol. The quantitative estimate of drug-likeness (QED) is 0.729. The molecule has 84 valence electrons. The first-order valence-corrected chi connectivity index (χ1v) is 6.26. The van der Waals surface area contributed by atoms with Gasteiger partial charge < -0.3 is 5.32 Å². The van der Waals surface area contributed by atoms with Crippen LogP contribution in [-0.2, 0) is 0 Å². The van der Waals surface area contributed by atoms with Crippen molar-refractivity contribution in [2.45, 2.75) is 58.5 Å². The highest BCUT2D eigenvalue weighted by Gasteiger charge is 2.24. The molecule has 1 aliphatic rings. The van der Waals surface area contributed by atoms with E-state index in [2.05, 4.69) is 31.0 Å². The van der Waals surface area contributed by atoms with E-state index in [0.717, 1.165) is 12.1 Å². The maximum absolute atomic E-state index is 3.50. The van der Waals surface area contributed by atoms with Gasteiger partial charge in [-0.05, 0) is 19.8 Å². The van der Waals surface area contributed by atoms with Crippen LogP contribution in [-0.4, -0.2) is 36.6 Å². The summed E-state index contributed by atoms with van der Waals surface area (Å²) < 4.78 is 0. The molecule has 2 unspecified atom stereocenters. The van der Waals surface area contributed by atoms with E-state index >= 15 is 0 Å². The third-order valence-corrected chi connectivity index (χ3v) is 3.29. The third-order valence-electron chi connectivity index (χ3n) is 3.29. The van der Waals surface area contributed by atoms with Crippen LogP contribution in [0.4, 0.5) is 0 Å². The van der Waals surface area contributed by atoms with Crippen molar-refractivity contribution in [3.8, 4) is 0 Å². The molecule has 2 nitrogen and oxygen atoms in total. The zero-order chi connectivity index (χ0) is 10.4. The average Bonchev–Trinajstić information content (AvgIpc) is 2.19. The number of rotatable bonds is 5. The molecule has 0 radical (unpaired) electrons. The Bertz CT molecular complexity index is 145. The first-order chi connectivity index (χ1) is 6.79. The van der Waals surface area contributed by atoms with Gasteiger partial charge in [0.05, 0.1) is 0 Å². The standard InChI is InChI=1S/C12H26N2/c1-4-6-11(3)14-9-8-13-10-12(14)7-5-2/h11-13H,4-10H2,1-3H3. The van der Waals surface area contributed by atoms with Gasteiger partial charge in [0.15, 0.2) is 0 Å². The Kier molecular flexibility index (Phi) is 5.49. The molecule has 1 aliphatic heterocycles. The molecule has 0 spiro atoms. The van der Waals surface area contributed by atoms with E-state index in [1.165, 1.54) is 45.3 Å². The number of nitrogens with one attached hydrogen (secondary N) is 1. The normalized spacial score (nSPS) is 26.4. The van der Waals surface area contributed by atoms with Gasteiger partial charge in [0.25, 0.3) is 0 Å². The summed E-state index contributed by atoms with van der Waals surface area (Å²) in [5, 5.41) is 3.50. The Balaban J connectivity index is 2.44. The highest BCUT2D eigenvalue weighted by Crippen LogP contribution is 2.16. The summed E-state index contributed by atoms with van der Waals surface area (Å²) >= 11 is 0. The summed E-state index contributed by atoms with van der Waals surface area (Å²) in [4.78, 5) is 2.71. The van der Waals surface area contributed by atoms with Gasteiger partial charge in [-0.3, -0.25) is 4.90 Å². The monoisotopic (exact) mass is 198 g/mol. The zero-order valence-electron chi connectivity index (χ0n) is 10.1. The van der Waals surface area contributed by atoms with Gasteiger partial charge in [-0.1, -0.05) is 26.7 Å². The van der Waals surface area contributed by atoms with Crippen molar-refractivity contribution in [2.24, 2.45) is 0 Å². The molecular weight excluding hydrogens is 172 g/mol. The van der Waals surface area contributed by atoms with Gasteiger partial charge >= 0.3 is 0 Å².